The lowest BCUT2D eigenvalue weighted by molar-refractivity contribution is 0.109. The van der Waals surface area contributed by atoms with Crippen LogP contribution in [0.15, 0.2) is 29.1 Å². The number of carbonyl (C=O) groups excluding carboxylic acids is 1. The average Bonchev–Trinajstić information content (AvgIpc) is 3.07. The van der Waals surface area contributed by atoms with Gasteiger partial charge in [0.05, 0.1) is 16.9 Å². The Labute approximate surface area is 146 Å². The van der Waals surface area contributed by atoms with Crippen molar-refractivity contribution in [1.29, 1.82) is 0 Å². The molecular formula is C18H23N5O2. The third-order valence-corrected chi connectivity index (χ3v) is 5.40. The lowest BCUT2D eigenvalue weighted by Crippen LogP contribution is -2.46. The van der Waals surface area contributed by atoms with Gasteiger partial charge >= 0.3 is 6.03 Å². The topological polar surface area (TPSA) is 81.3 Å². The summed E-state index contributed by atoms with van der Waals surface area (Å²) in [5, 5.41) is 3.50. The second-order valence-corrected chi connectivity index (χ2v) is 6.84. The Balaban J connectivity index is 1.48. The van der Waals surface area contributed by atoms with Crippen LogP contribution in [0.4, 0.5) is 4.79 Å². The Morgan fingerprint density at radius 1 is 1.16 bits per heavy atom. The molecule has 4 rings (SSSR count). The van der Waals surface area contributed by atoms with Crippen LogP contribution < -0.4 is 10.9 Å². The molecule has 3 heterocycles. The molecule has 2 fully saturated rings. The molecule has 2 saturated heterocycles. The summed E-state index contributed by atoms with van der Waals surface area (Å²) in [5.41, 5.74) is 0.646. The summed E-state index contributed by atoms with van der Waals surface area (Å²) >= 11 is 0. The Morgan fingerprint density at radius 2 is 1.92 bits per heavy atom. The van der Waals surface area contributed by atoms with Gasteiger partial charge in [0.1, 0.15) is 5.82 Å². The zero-order valence-electron chi connectivity index (χ0n) is 14.4. The second kappa shape index (κ2) is 6.48. The van der Waals surface area contributed by atoms with Crippen LogP contribution in [0.3, 0.4) is 0 Å². The molecule has 25 heavy (non-hydrogen) atoms. The highest BCUT2D eigenvalue weighted by atomic mass is 16.2. The maximum absolute atomic E-state index is 12.3. The number of hydrogen-bond acceptors (Lipinski definition) is 4. The van der Waals surface area contributed by atoms with Gasteiger partial charge in [-0.15, -0.1) is 0 Å². The van der Waals surface area contributed by atoms with Gasteiger partial charge < -0.3 is 15.2 Å². The fraction of sp³-hybridized carbons (Fsp3) is 0.500. The highest BCUT2D eigenvalue weighted by molar-refractivity contribution is 5.77. The first-order valence-corrected chi connectivity index (χ1v) is 8.91. The van der Waals surface area contributed by atoms with Crippen LogP contribution in [0.2, 0.25) is 0 Å². The smallest absolute Gasteiger partial charge is 0.317 e. The van der Waals surface area contributed by atoms with Crippen LogP contribution >= 0.6 is 0 Å². The normalized spacial score (nSPS) is 20.8. The molecule has 2 aliphatic heterocycles. The van der Waals surface area contributed by atoms with Gasteiger partial charge in [-0.05, 0) is 31.9 Å². The number of nitrogens with zero attached hydrogens (tertiary/aromatic N) is 3. The number of hydrogen-bond donors (Lipinski definition) is 2. The lowest BCUT2D eigenvalue weighted by atomic mass is 10.0. The van der Waals surface area contributed by atoms with E-state index in [1.54, 1.807) is 6.07 Å². The van der Waals surface area contributed by atoms with E-state index in [4.69, 9.17) is 0 Å². The maximum atomic E-state index is 12.3. The number of aromatic nitrogens is 2. The van der Waals surface area contributed by atoms with E-state index in [1.165, 1.54) is 0 Å². The van der Waals surface area contributed by atoms with Crippen molar-refractivity contribution >= 4 is 16.9 Å². The molecule has 2 N–H and O–H groups in total. The third-order valence-electron chi connectivity index (χ3n) is 5.40. The molecule has 2 aliphatic rings. The third kappa shape index (κ3) is 3.00. The number of rotatable bonds is 3. The zero-order chi connectivity index (χ0) is 17.4. The summed E-state index contributed by atoms with van der Waals surface area (Å²) in [5.74, 6) is 0.709. The molecule has 2 aromatic rings. The molecule has 1 aromatic carbocycles. The summed E-state index contributed by atoms with van der Waals surface area (Å²) in [7, 11) is 0. The van der Waals surface area contributed by atoms with E-state index >= 15 is 0 Å². The SMILES string of the molecule is C[C@H](c1nc2ccccc2c(=O)[nH]1)N1CCC(N2CCNC2=O)CC1. The van der Waals surface area contributed by atoms with Crippen LogP contribution in [-0.4, -0.2) is 58.0 Å². The minimum atomic E-state index is -0.0870. The van der Waals surface area contributed by atoms with E-state index in [9.17, 15) is 9.59 Å². The van der Waals surface area contributed by atoms with Gasteiger partial charge in [-0.25, -0.2) is 9.78 Å². The number of carbonyl (C=O) groups is 1. The summed E-state index contributed by atoms with van der Waals surface area (Å²) in [6.07, 6.45) is 1.91. The maximum Gasteiger partial charge on any atom is 0.317 e. The summed E-state index contributed by atoms with van der Waals surface area (Å²) in [4.78, 5) is 36.0. The van der Waals surface area contributed by atoms with Gasteiger partial charge in [0.15, 0.2) is 0 Å². The van der Waals surface area contributed by atoms with Gasteiger partial charge in [-0.3, -0.25) is 9.69 Å². The Kier molecular flexibility index (Phi) is 4.17. The molecule has 0 unspecified atom stereocenters. The van der Waals surface area contributed by atoms with Gasteiger partial charge in [0.25, 0.3) is 5.56 Å². The fourth-order valence-corrected chi connectivity index (χ4v) is 3.89. The summed E-state index contributed by atoms with van der Waals surface area (Å²) in [6.45, 7) is 5.42. The number of urea groups is 1. The number of fused-ring (bicyclic) bond motifs is 1. The molecule has 7 heteroatoms. The van der Waals surface area contributed by atoms with Crippen LogP contribution in [0.5, 0.6) is 0 Å². The molecular weight excluding hydrogens is 318 g/mol. The first-order chi connectivity index (χ1) is 12.1. The monoisotopic (exact) mass is 341 g/mol. The van der Waals surface area contributed by atoms with E-state index in [1.807, 2.05) is 23.1 Å². The van der Waals surface area contributed by atoms with Crippen molar-refractivity contribution in [2.45, 2.75) is 31.8 Å². The minimum absolute atomic E-state index is 0.0469. The molecule has 7 nitrogen and oxygen atoms in total. The second-order valence-electron chi connectivity index (χ2n) is 6.84. The van der Waals surface area contributed by atoms with Crippen molar-refractivity contribution in [3.05, 3.63) is 40.4 Å². The largest absolute Gasteiger partial charge is 0.336 e. The number of H-pyrrole nitrogens is 1. The highest BCUT2D eigenvalue weighted by Gasteiger charge is 2.32. The van der Waals surface area contributed by atoms with Crippen LogP contribution in [-0.2, 0) is 0 Å². The summed E-state index contributed by atoms with van der Waals surface area (Å²) in [6, 6.07) is 7.84. The number of aromatic amines is 1. The Bertz CT molecular complexity index is 841. The molecule has 0 aliphatic carbocycles. The van der Waals surface area contributed by atoms with Crippen molar-refractivity contribution in [3.63, 3.8) is 0 Å². The molecule has 1 aromatic heterocycles. The van der Waals surface area contributed by atoms with Crippen molar-refractivity contribution in [1.82, 2.24) is 25.1 Å². The van der Waals surface area contributed by atoms with Crippen molar-refractivity contribution in [2.24, 2.45) is 0 Å². The molecule has 132 valence electrons. The van der Waals surface area contributed by atoms with Crippen LogP contribution in [0.1, 0.15) is 31.6 Å². The van der Waals surface area contributed by atoms with Crippen molar-refractivity contribution < 1.29 is 4.79 Å². The van der Waals surface area contributed by atoms with Crippen molar-refractivity contribution in [3.8, 4) is 0 Å². The van der Waals surface area contributed by atoms with E-state index < -0.39 is 0 Å². The van der Waals surface area contributed by atoms with Gasteiger partial charge in [-0.1, -0.05) is 12.1 Å². The molecule has 0 spiro atoms. The standard InChI is InChI=1S/C18H23N5O2/c1-12(16-20-15-5-3-2-4-14(15)17(24)21-16)22-9-6-13(7-10-22)23-11-8-19-18(23)25/h2-5,12-13H,6-11H2,1H3,(H,19,25)(H,20,21,24)/t12-/m1/s1. The first-order valence-electron chi connectivity index (χ1n) is 8.91. The Morgan fingerprint density at radius 3 is 2.64 bits per heavy atom. The van der Waals surface area contributed by atoms with E-state index in [0.29, 0.717) is 17.3 Å². The van der Waals surface area contributed by atoms with Crippen LogP contribution in [0.25, 0.3) is 10.9 Å². The quantitative estimate of drug-likeness (QED) is 0.886. The van der Waals surface area contributed by atoms with Crippen molar-refractivity contribution in [2.75, 3.05) is 26.2 Å². The number of likely N-dealkylation sites (tertiary alicyclic amines) is 1. The van der Waals surface area contributed by atoms with E-state index in [0.717, 1.165) is 44.5 Å². The number of nitrogens with one attached hydrogen (secondary N) is 2. The number of piperidine rings is 1. The minimum Gasteiger partial charge on any atom is -0.336 e. The highest BCUT2D eigenvalue weighted by Crippen LogP contribution is 2.25. The number of para-hydroxylation sites is 1. The lowest BCUT2D eigenvalue weighted by Gasteiger charge is -2.38. The molecule has 0 radical (unpaired) electrons. The summed E-state index contributed by atoms with van der Waals surface area (Å²) < 4.78 is 0. The Hall–Kier alpha value is -2.41. The zero-order valence-corrected chi connectivity index (χ0v) is 14.4. The predicted molar refractivity (Wildman–Crippen MR) is 95.5 cm³/mol. The van der Waals surface area contributed by atoms with Gasteiger partial charge in [-0.2, -0.15) is 0 Å². The first kappa shape index (κ1) is 16.1. The molecule has 1 atom stereocenters. The van der Waals surface area contributed by atoms with Gasteiger partial charge in [0, 0.05) is 32.2 Å². The van der Waals surface area contributed by atoms with E-state index in [2.05, 4.69) is 27.1 Å². The number of benzene rings is 1. The fourth-order valence-electron chi connectivity index (χ4n) is 3.89. The molecule has 0 bridgehead atoms. The average molecular weight is 341 g/mol. The van der Waals surface area contributed by atoms with Gasteiger partial charge in [0.2, 0.25) is 0 Å². The predicted octanol–water partition coefficient (Wildman–Crippen LogP) is 1.47. The van der Waals surface area contributed by atoms with Crippen LogP contribution in [0, 0.1) is 0 Å². The number of amides is 2. The molecule has 0 saturated carbocycles. The molecule has 2 amide bonds. The van der Waals surface area contributed by atoms with E-state index in [-0.39, 0.29) is 17.6 Å².